The number of ether oxygens (including phenoxy) is 1. The molecular weight excluding hydrogens is 244 g/mol. The fourth-order valence-corrected chi connectivity index (χ4v) is 1.78. The summed E-state index contributed by atoms with van der Waals surface area (Å²) in [5.41, 5.74) is 0.176. The van der Waals surface area contributed by atoms with Gasteiger partial charge in [-0.15, -0.1) is 0 Å². The Balaban J connectivity index is 2.55. The molecule has 0 atom stereocenters. The number of carbonyl (C=O) groups excluding carboxylic acids is 2. The SMILES string of the molecule is CC(=O)n1nc(C(=O)OC(C)(C)C)c2ccccc21. The second-order valence-electron chi connectivity index (χ2n) is 5.30. The molecule has 5 heteroatoms. The van der Waals surface area contributed by atoms with Crippen molar-refractivity contribution in [3.63, 3.8) is 0 Å². The Morgan fingerprint density at radius 3 is 2.42 bits per heavy atom. The average molecular weight is 260 g/mol. The summed E-state index contributed by atoms with van der Waals surface area (Å²) >= 11 is 0. The maximum absolute atomic E-state index is 12.1. The molecular formula is C14H16N2O3. The van der Waals surface area contributed by atoms with Crippen LogP contribution in [0.3, 0.4) is 0 Å². The second kappa shape index (κ2) is 4.50. The summed E-state index contributed by atoms with van der Waals surface area (Å²) in [5.74, 6) is -0.769. The van der Waals surface area contributed by atoms with Gasteiger partial charge in [-0.1, -0.05) is 18.2 Å². The molecule has 0 radical (unpaired) electrons. The average Bonchev–Trinajstić information content (AvgIpc) is 2.66. The molecule has 19 heavy (non-hydrogen) atoms. The number of carbonyl (C=O) groups is 2. The highest BCUT2D eigenvalue weighted by molar-refractivity contribution is 6.04. The van der Waals surface area contributed by atoms with Crippen LogP contribution in [0, 0.1) is 0 Å². The van der Waals surface area contributed by atoms with E-state index in [1.807, 2.05) is 0 Å². The quantitative estimate of drug-likeness (QED) is 0.739. The second-order valence-corrected chi connectivity index (χ2v) is 5.30. The lowest BCUT2D eigenvalue weighted by atomic mass is 10.2. The molecule has 2 aromatic rings. The van der Waals surface area contributed by atoms with Gasteiger partial charge in [0.05, 0.1) is 5.52 Å². The predicted molar refractivity (Wildman–Crippen MR) is 71.2 cm³/mol. The molecule has 0 unspecified atom stereocenters. The van der Waals surface area contributed by atoms with Crippen LogP contribution in [0.15, 0.2) is 24.3 Å². The van der Waals surface area contributed by atoms with E-state index in [9.17, 15) is 9.59 Å². The Kier molecular flexibility index (Phi) is 3.14. The van der Waals surface area contributed by atoms with Crippen molar-refractivity contribution in [1.29, 1.82) is 0 Å². The van der Waals surface area contributed by atoms with Crippen LogP contribution in [-0.2, 0) is 4.74 Å². The Bertz CT molecular complexity index is 650. The summed E-state index contributed by atoms with van der Waals surface area (Å²) in [5, 5.41) is 4.68. The van der Waals surface area contributed by atoms with Gasteiger partial charge in [0.1, 0.15) is 5.60 Å². The van der Waals surface area contributed by atoms with Gasteiger partial charge in [0.25, 0.3) is 0 Å². The van der Waals surface area contributed by atoms with Crippen molar-refractivity contribution in [1.82, 2.24) is 9.78 Å². The zero-order valence-corrected chi connectivity index (χ0v) is 11.4. The van der Waals surface area contributed by atoms with Crippen molar-refractivity contribution in [3.05, 3.63) is 30.0 Å². The zero-order valence-electron chi connectivity index (χ0n) is 11.4. The molecule has 0 bridgehead atoms. The number of hydrogen-bond donors (Lipinski definition) is 0. The highest BCUT2D eigenvalue weighted by Gasteiger charge is 2.24. The summed E-state index contributed by atoms with van der Waals surface area (Å²) < 4.78 is 6.52. The van der Waals surface area contributed by atoms with E-state index in [4.69, 9.17) is 4.74 Å². The van der Waals surface area contributed by atoms with Gasteiger partial charge in [-0.3, -0.25) is 4.79 Å². The molecule has 0 fully saturated rings. The lowest BCUT2D eigenvalue weighted by molar-refractivity contribution is 0.00646. The van der Waals surface area contributed by atoms with Gasteiger partial charge in [-0.2, -0.15) is 9.78 Å². The van der Waals surface area contributed by atoms with Crippen LogP contribution in [0.2, 0.25) is 0 Å². The Morgan fingerprint density at radius 2 is 1.84 bits per heavy atom. The first-order chi connectivity index (χ1) is 8.79. The van der Waals surface area contributed by atoms with Crippen molar-refractivity contribution in [2.45, 2.75) is 33.3 Å². The van der Waals surface area contributed by atoms with Crippen molar-refractivity contribution in [2.75, 3.05) is 0 Å². The van der Waals surface area contributed by atoms with Crippen LogP contribution in [-0.4, -0.2) is 27.3 Å². The molecule has 1 aromatic carbocycles. The number of hydrogen-bond acceptors (Lipinski definition) is 4. The molecule has 0 amide bonds. The van der Waals surface area contributed by atoms with Gasteiger partial charge in [-0.25, -0.2) is 4.79 Å². The minimum atomic E-state index is -0.599. The van der Waals surface area contributed by atoms with E-state index in [-0.39, 0.29) is 11.6 Å². The summed E-state index contributed by atoms with van der Waals surface area (Å²) in [6, 6.07) is 7.09. The van der Waals surface area contributed by atoms with Gasteiger partial charge < -0.3 is 4.74 Å². The Labute approximate surface area is 111 Å². The maximum Gasteiger partial charge on any atom is 0.360 e. The minimum absolute atomic E-state index is 0.167. The molecule has 0 aliphatic rings. The number of esters is 1. The van der Waals surface area contributed by atoms with Crippen LogP contribution in [0.25, 0.3) is 10.9 Å². The number of rotatable bonds is 1. The van der Waals surface area contributed by atoms with E-state index >= 15 is 0 Å². The molecule has 0 aliphatic heterocycles. The van der Waals surface area contributed by atoms with Gasteiger partial charge in [-0.05, 0) is 26.8 Å². The summed E-state index contributed by atoms with van der Waals surface area (Å²) in [4.78, 5) is 23.6. The van der Waals surface area contributed by atoms with Crippen LogP contribution in [0.5, 0.6) is 0 Å². The summed E-state index contributed by atoms with van der Waals surface area (Å²) in [6.45, 7) is 6.76. The van der Waals surface area contributed by atoms with E-state index in [1.54, 1.807) is 45.0 Å². The lowest BCUT2D eigenvalue weighted by Crippen LogP contribution is -2.24. The topological polar surface area (TPSA) is 61.2 Å². The van der Waals surface area contributed by atoms with E-state index in [2.05, 4.69) is 5.10 Å². The number of benzene rings is 1. The molecule has 1 heterocycles. The smallest absolute Gasteiger partial charge is 0.360 e. The van der Waals surface area contributed by atoms with Gasteiger partial charge >= 0.3 is 5.97 Å². The third-order valence-corrected chi connectivity index (χ3v) is 2.48. The fraction of sp³-hybridized carbons (Fsp3) is 0.357. The van der Waals surface area contributed by atoms with Crippen LogP contribution in [0.1, 0.15) is 43.0 Å². The Morgan fingerprint density at radius 1 is 1.21 bits per heavy atom. The van der Waals surface area contributed by atoms with E-state index < -0.39 is 11.6 Å². The third kappa shape index (κ3) is 2.65. The maximum atomic E-state index is 12.1. The summed E-state index contributed by atoms with van der Waals surface area (Å²) in [7, 11) is 0. The summed E-state index contributed by atoms with van der Waals surface area (Å²) in [6.07, 6.45) is 0. The van der Waals surface area contributed by atoms with E-state index in [0.29, 0.717) is 10.9 Å². The molecule has 0 spiro atoms. The predicted octanol–water partition coefficient (Wildman–Crippen LogP) is 2.65. The van der Waals surface area contributed by atoms with Crippen molar-refractivity contribution in [3.8, 4) is 0 Å². The van der Waals surface area contributed by atoms with Crippen molar-refractivity contribution in [2.24, 2.45) is 0 Å². The normalized spacial score (nSPS) is 11.6. The van der Waals surface area contributed by atoms with Crippen molar-refractivity contribution >= 4 is 22.8 Å². The highest BCUT2D eigenvalue weighted by atomic mass is 16.6. The van der Waals surface area contributed by atoms with E-state index in [1.165, 1.54) is 11.6 Å². The monoisotopic (exact) mass is 260 g/mol. The molecule has 2 rings (SSSR count). The highest BCUT2D eigenvalue weighted by Crippen LogP contribution is 2.21. The van der Waals surface area contributed by atoms with Gasteiger partial charge in [0.2, 0.25) is 5.91 Å². The number of nitrogens with zero attached hydrogens (tertiary/aromatic N) is 2. The van der Waals surface area contributed by atoms with Crippen LogP contribution in [0.4, 0.5) is 0 Å². The minimum Gasteiger partial charge on any atom is -0.455 e. The number of aromatic nitrogens is 2. The Hall–Kier alpha value is -2.17. The fourth-order valence-electron chi connectivity index (χ4n) is 1.78. The third-order valence-electron chi connectivity index (χ3n) is 2.48. The van der Waals surface area contributed by atoms with Gasteiger partial charge in [0, 0.05) is 12.3 Å². The first-order valence-electron chi connectivity index (χ1n) is 6.01. The molecule has 0 N–H and O–H groups in total. The number of fused-ring (bicyclic) bond motifs is 1. The molecule has 5 nitrogen and oxygen atoms in total. The van der Waals surface area contributed by atoms with E-state index in [0.717, 1.165) is 0 Å². The van der Waals surface area contributed by atoms with Crippen molar-refractivity contribution < 1.29 is 14.3 Å². The molecule has 100 valence electrons. The zero-order chi connectivity index (χ0) is 14.2. The first-order valence-corrected chi connectivity index (χ1v) is 6.01. The largest absolute Gasteiger partial charge is 0.455 e. The number of para-hydroxylation sites is 1. The first kappa shape index (κ1) is 13.3. The van der Waals surface area contributed by atoms with Crippen LogP contribution >= 0.6 is 0 Å². The van der Waals surface area contributed by atoms with Crippen LogP contribution < -0.4 is 0 Å². The molecule has 0 saturated carbocycles. The standard InChI is InChI=1S/C14H16N2O3/c1-9(17)16-11-8-6-5-7-10(11)12(15-16)13(18)19-14(2,3)4/h5-8H,1-4H3. The molecule has 1 aromatic heterocycles. The van der Waals surface area contributed by atoms with Gasteiger partial charge in [0.15, 0.2) is 5.69 Å². The molecule has 0 aliphatic carbocycles. The lowest BCUT2D eigenvalue weighted by Gasteiger charge is -2.18. The molecule has 0 saturated heterocycles.